The molecule has 0 atom stereocenters. The SMILES string of the molecule is CCc1ccccc1NC(=O)c1cc(C)nc(C)n1. The highest BCUT2D eigenvalue weighted by Gasteiger charge is 2.11. The average molecular weight is 255 g/mol. The van der Waals surface area contributed by atoms with E-state index in [1.54, 1.807) is 13.0 Å². The van der Waals surface area contributed by atoms with E-state index in [9.17, 15) is 4.79 Å². The first-order valence-electron chi connectivity index (χ1n) is 6.31. The highest BCUT2D eigenvalue weighted by atomic mass is 16.1. The smallest absolute Gasteiger partial charge is 0.274 e. The highest BCUT2D eigenvalue weighted by molar-refractivity contribution is 6.03. The lowest BCUT2D eigenvalue weighted by molar-refractivity contribution is 0.102. The van der Waals surface area contributed by atoms with Gasteiger partial charge in [-0.3, -0.25) is 4.79 Å². The van der Waals surface area contributed by atoms with Crippen LogP contribution in [0.4, 0.5) is 5.69 Å². The van der Waals surface area contributed by atoms with Gasteiger partial charge in [0.1, 0.15) is 11.5 Å². The molecule has 1 aromatic heterocycles. The lowest BCUT2D eigenvalue weighted by Gasteiger charge is -2.09. The monoisotopic (exact) mass is 255 g/mol. The second kappa shape index (κ2) is 5.61. The van der Waals surface area contributed by atoms with E-state index in [2.05, 4.69) is 22.2 Å². The van der Waals surface area contributed by atoms with Crippen molar-refractivity contribution < 1.29 is 4.79 Å². The van der Waals surface area contributed by atoms with Gasteiger partial charge in [-0.15, -0.1) is 0 Å². The Bertz CT molecular complexity index is 588. The van der Waals surface area contributed by atoms with Gasteiger partial charge in [-0.2, -0.15) is 0 Å². The van der Waals surface area contributed by atoms with Crippen LogP contribution in [0.5, 0.6) is 0 Å². The maximum absolute atomic E-state index is 12.2. The molecule has 0 fully saturated rings. The molecule has 0 aliphatic carbocycles. The molecule has 1 aromatic carbocycles. The molecule has 0 spiro atoms. The van der Waals surface area contributed by atoms with Gasteiger partial charge in [0.2, 0.25) is 0 Å². The predicted molar refractivity (Wildman–Crippen MR) is 75.3 cm³/mol. The molecule has 0 saturated heterocycles. The zero-order valence-electron chi connectivity index (χ0n) is 11.4. The van der Waals surface area contributed by atoms with Crippen LogP contribution in [-0.2, 0) is 6.42 Å². The van der Waals surface area contributed by atoms with Gasteiger partial charge in [-0.05, 0) is 38.0 Å². The Balaban J connectivity index is 2.25. The first-order chi connectivity index (χ1) is 9.10. The molecule has 98 valence electrons. The van der Waals surface area contributed by atoms with E-state index in [1.807, 2.05) is 31.2 Å². The second-order valence-electron chi connectivity index (χ2n) is 4.41. The summed E-state index contributed by atoms with van der Waals surface area (Å²) in [4.78, 5) is 20.5. The third-order valence-electron chi connectivity index (χ3n) is 2.85. The molecule has 0 saturated carbocycles. The van der Waals surface area contributed by atoms with Crippen molar-refractivity contribution in [1.29, 1.82) is 0 Å². The van der Waals surface area contributed by atoms with E-state index < -0.39 is 0 Å². The quantitative estimate of drug-likeness (QED) is 0.917. The largest absolute Gasteiger partial charge is 0.320 e. The predicted octanol–water partition coefficient (Wildman–Crippen LogP) is 2.91. The van der Waals surface area contributed by atoms with Crippen LogP contribution in [0.2, 0.25) is 0 Å². The van der Waals surface area contributed by atoms with Crippen LogP contribution in [0.1, 0.15) is 34.5 Å². The van der Waals surface area contributed by atoms with E-state index in [0.717, 1.165) is 23.4 Å². The number of hydrogen-bond acceptors (Lipinski definition) is 3. The number of para-hydroxylation sites is 1. The summed E-state index contributed by atoms with van der Waals surface area (Å²) < 4.78 is 0. The van der Waals surface area contributed by atoms with E-state index >= 15 is 0 Å². The van der Waals surface area contributed by atoms with Crippen molar-refractivity contribution in [2.75, 3.05) is 5.32 Å². The molecule has 1 heterocycles. The van der Waals surface area contributed by atoms with Crippen molar-refractivity contribution in [3.63, 3.8) is 0 Å². The van der Waals surface area contributed by atoms with Crippen molar-refractivity contribution in [2.24, 2.45) is 0 Å². The number of carbonyl (C=O) groups excluding carboxylic acids is 1. The number of benzene rings is 1. The maximum Gasteiger partial charge on any atom is 0.274 e. The normalized spacial score (nSPS) is 10.3. The third-order valence-corrected chi connectivity index (χ3v) is 2.85. The van der Waals surface area contributed by atoms with Gasteiger partial charge in [-0.25, -0.2) is 9.97 Å². The fourth-order valence-corrected chi connectivity index (χ4v) is 1.97. The second-order valence-corrected chi connectivity index (χ2v) is 4.41. The van der Waals surface area contributed by atoms with Gasteiger partial charge in [-0.1, -0.05) is 25.1 Å². The molecule has 0 unspecified atom stereocenters. The van der Waals surface area contributed by atoms with Gasteiger partial charge in [0.15, 0.2) is 0 Å². The Hall–Kier alpha value is -2.23. The van der Waals surface area contributed by atoms with Crippen LogP contribution in [0.25, 0.3) is 0 Å². The number of amides is 1. The Labute approximate surface area is 112 Å². The van der Waals surface area contributed by atoms with Crippen molar-refractivity contribution >= 4 is 11.6 Å². The van der Waals surface area contributed by atoms with Crippen LogP contribution in [0.15, 0.2) is 30.3 Å². The van der Waals surface area contributed by atoms with Crippen molar-refractivity contribution in [3.05, 3.63) is 53.1 Å². The minimum Gasteiger partial charge on any atom is -0.320 e. The molecule has 0 bridgehead atoms. The Morgan fingerprint density at radius 1 is 1.21 bits per heavy atom. The minimum atomic E-state index is -0.200. The maximum atomic E-state index is 12.2. The van der Waals surface area contributed by atoms with Crippen molar-refractivity contribution in [1.82, 2.24) is 9.97 Å². The fourth-order valence-electron chi connectivity index (χ4n) is 1.97. The molecule has 0 radical (unpaired) electrons. The van der Waals surface area contributed by atoms with Crippen LogP contribution in [0.3, 0.4) is 0 Å². The van der Waals surface area contributed by atoms with Crippen LogP contribution < -0.4 is 5.32 Å². The Morgan fingerprint density at radius 3 is 2.63 bits per heavy atom. The number of aryl methyl sites for hydroxylation is 3. The van der Waals surface area contributed by atoms with Gasteiger partial charge < -0.3 is 5.32 Å². The molecule has 1 amide bonds. The number of nitrogens with zero attached hydrogens (tertiary/aromatic N) is 2. The van der Waals surface area contributed by atoms with E-state index in [0.29, 0.717) is 11.5 Å². The van der Waals surface area contributed by atoms with E-state index in [4.69, 9.17) is 0 Å². The van der Waals surface area contributed by atoms with Crippen molar-refractivity contribution in [2.45, 2.75) is 27.2 Å². The summed E-state index contributed by atoms with van der Waals surface area (Å²) in [5, 5.41) is 2.90. The summed E-state index contributed by atoms with van der Waals surface area (Å²) in [6.45, 7) is 5.69. The number of nitrogens with one attached hydrogen (secondary N) is 1. The number of rotatable bonds is 3. The zero-order chi connectivity index (χ0) is 13.8. The van der Waals surface area contributed by atoms with Gasteiger partial charge in [0, 0.05) is 11.4 Å². The summed E-state index contributed by atoms with van der Waals surface area (Å²) >= 11 is 0. The highest BCUT2D eigenvalue weighted by Crippen LogP contribution is 2.16. The molecular weight excluding hydrogens is 238 g/mol. The first kappa shape index (κ1) is 13.2. The zero-order valence-corrected chi connectivity index (χ0v) is 11.4. The van der Waals surface area contributed by atoms with Gasteiger partial charge in [0.05, 0.1) is 0 Å². The van der Waals surface area contributed by atoms with E-state index in [1.165, 1.54) is 0 Å². The fraction of sp³-hybridized carbons (Fsp3) is 0.267. The summed E-state index contributed by atoms with van der Waals surface area (Å²) in [5.41, 5.74) is 3.14. The molecule has 2 aromatic rings. The molecule has 4 nitrogen and oxygen atoms in total. The molecule has 2 rings (SSSR count). The standard InChI is InChI=1S/C15H17N3O/c1-4-12-7-5-6-8-13(12)18-15(19)14-9-10(2)16-11(3)17-14/h5-9H,4H2,1-3H3,(H,18,19). The molecule has 0 aliphatic heterocycles. The van der Waals surface area contributed by atoms with Crippen LogP contribution in [-0.4, -0.2) is 15.9 Å². The summed E-state index contributed by atoms with van der Waals surface area (Å²) in [5.74, 6) is 0.406. The number of hydrogen-bond donors (Lipinski definition) is 1. The van der Waals surface area contributed by atoms with Crippen molar-refractivity contribution in [3.8, 4) is 0 Å². The summed E-state index contributed by atoms with van der Waals surface area (Å²) in [6, 6.07) is 9.47. The lowest BCUT2D eigenvalue weighted by atomic mass is 10.1. The molecule has 19 heavy (non-hydrogen) atoms. The minimum absolute atomic E-state index is 0.200. The topological polar surface area (TPSA) is 54.9 Å². The summed E-state index contributed by atoms with van der Waals surface area (Å²) in [6.07, 6.45) is 0.873. The summed E-state index contributed by atoms with van der Waals surface area (Å²) in [7, 11) is 0. The number of aromatic nitrogens is 2. The molecular formula is C15H17N3O. The number of anilines is 1. The Morgan fingerprint density at radius 2 is 1.95 bits per heavy atom. The lowest BCUT2D eigenvalue weighted by Crippen LogP contribution is -2.16. The van der Waals surface area contributed by atoms with Crippen LogP contribution >= 0.6 is 0 Å². The van der Waals surface area contributed by atoms with E-state index in [-0.39, 0.29) is 5.91 Å². The average Bonchev–Trinajstić information content (AvgIpc) is 2.38. The molecule has 4 heteroatoms. The first-order valence-corrected chi connectivity index (χ1v) is 6.31. The molecule has 0 aliphatic rings. The van der Waals surface area contributed by atoms with Gasteiger partial charge >= 0.3 is 0 Å². The molecule has 1 N–H and O–H groups in total. The number of carbonyl (C=O) groups is 1. The van der Waals surface area contributed by atoms with Gasteiger partial charge in [0.25, 0.3) is 5.91 Å². The third kappa shape index (κ3) is 3.16. The Kier molecular flexibility index (Phi) is 3.90. The van der Waals surface area contributed by atoms with Crippen LogP contribution in [0, 0.1) is 13.8 Å².